The Morgan fingerprint density at radius 1 is 1.25 bits per heavy atom. The van der Waals surface area contributed by atoms with Crippen LogP contribution >= 0.6 is 0 Å². The zero-order valence-electron chi connectivity index (χ0n) is 11.8. The Morgan fingerprint density at radius 3 is 2.50 bits per heavy atom. The van der Waals surface area contributed by atoms with Crippen LogP contribution in [0.4, 0.5) is 4.79 Å². The van der Waals surface area contributed by atoms with Crippen LogP contribution in [-0.4, -0.2) is 34.3 Å². The molecule has 1 heterocycles. The molecule has 0 aromatic carbocycles. The summed E-state index contributed by atoms with van der Waals surface area (Å²) in [5, 5.41) is 10.1. The van der Waals surface area contributed by atoms with Gasteiger partial charge >= 0.3 is 6.09 Å². The van der Waals surface area contributed by atoms with Crippen LogP contribution in [0, 0.1) is 0 Å². The third-order valence-corrected chi connectivity index (χ3v) is 2.15. The highest BCUT2D eigenvalue weighted by Crippen LogP contribution is 2.06. The minimum Gasteiger partial charge on any atom is -0.444 e. The molecule has 0 bridgehead atoms. The molecule has 0 saturated carbocycles. The van der Waals surface area contributed by atoms with Gasteiger partial charge in [-0.2, -0.15) is 0 Å². The number of aromatic amines is 2. The highest BCUT2D eigenvalue weighted by molar-refractivity contribution is 5.76. The number of nitrogens with one attached hydrogen (secondary N) is 4. The number of hydrogen-bond acceptors (Lipinski definition) is 4. The lowest BCUT2D eigenvalue weighted by Crippen LogP contribution is -2.35. The lowest BCUT2D eigenvalue weighted by molar-refractivity contribution is -0.121. The van der Waals surface area contributed by atoms with E-state index in [1.54, 1.807) is 20.8 Å². The summed E-state index contributed by atoms with van der Waals surface area (Å²) in [6.45, 7) is 5.69. The van der Waals surface area contributed by atoms with E-state index in [9.17, 15) is 14.4 Å². The molecule has 1 rings (SSSR count). The average Bonchev–Trinajstić information content (AvgIpc) is 2.70. The number of ether oxygens (including phenoxy) is 1. The molecule has 0 fully saturated rings. The molecule has 112 valence electrons. The number of carbonyl (C=O) groups excluding carboxylic acids is 2. The van der Waals surface area contributed by atoms with E-state index in [2.05, 4.69) is 20.8 Å². The Hall–Kier alpha value is -2.25. The summed E-state index contributed by atoms with van der Waals surface area (Å²) >= 11 is 0. The minimum absolute atomic E-state index is 0.133. The molecule has 0 atom stereocenters. The molecule has 0 radical (unpaired) electrons. The molecule has 1 aromatic heterocycles. The molecular weight excluding hydrogens is 264 g/mol. The van der Waals surface area contributed by atoms with Crippen molar-refractivity contribution in [1.29, 1.82) is 0 Å². The van der Waals surface area contributed by atoms with Crippen LogP contribution in [0.2, 0.25) is 0 Å². The van der Waals surface area contributed by atoms with E-state index in [1.807, 2.05) is 0 Å². The van der Waals surface area contributed by atoms with Crippen LogP contribution in [-0.2, 0) is 16.1 Å². The van der Waals surface area contributed by atoms with Crippen molar-refractivity contribution in [2.24, 2.45) is 0 Å². The summed E-state index contributed by atoms with van der Waals surface area (Å²) in [7, 11) is 0. The molecule has 8 heteroatoms. The Kier molecular flexibility index (Phi) is 5.36. The van der Waals surface area contributed by atoms with E-state index in [0.29, 0.717) is 5.69 Å². The fourth-order valence-corrected chi connectivity index (χ4v) is 1.34. The molecular formula is C12H20N4O4. The van der Waals surface area contributed by atoms with Gasteiger partial charge in [-0.1, -0.05) is 0 Å². The zero-order valence-corrected chi connectivity index (χ0v) is 11.8. The fraction of sp³-hybridized carbons (Fsp3) is 0.583. The van der Waals surface area contributed by atoms with Gasteiger partial charge in [0.25, 0.3) is 5.56 Å². The standard InChI is InChI=1S/C12H20N4O4/c1-12(2,3)20-11(19)13-5-4-9(17)14-7-8-6-10(18)16-15-8/h6H,4-5,7H2,1-3H3,(H,13,19)(H,14,17)(H2,15,16,18). The molecule has 4 N–H and O–H groups in total. The first-order valence-electron chi connectivity index (χ1n) is 6.26. The molecule has 0 spiro atoms. The van der Waals surface area contributed by atoms with Gasteiger partial charge in [0.05, 0.1) is 12.2 Å². The molecule has 0 aliphatic heterocycles. The summed E-state index contributed by atoms with van der Waals surface area (Å²) in [4.78, 5) is 33.6. The first-order chi connectivity index (χ1) is 9.26. The van der Waals surface area contributed by atoms with Crippen molar-refractivity contribution >= 4 is 12.0 Å². The zero-order chi connectivity index (χ0) is 15.2. The highest BCUT2D eigenvalue weighted by Gasteiger charge is 2.15. The fourth-order valence-electron chi connectivity index (χ4n) is 1.34. The number of amides is 2. The Labute approximate surface area is 116 Å². The predicted octanol–water partition coefficient (Wildman–Crippen LogP) is 0.234. The van der Waals surface area contributed by atoms with Crippen molar-refractivity contribution < 1.29 is 14.3 Å². The second-order valence-corrected chi connectivity index (χ2v) is 5.24. The molecule has 0 saturated heterocycles. The van der Waals surface area contributed by atoms with Crippen molar-refractivity contribution in [3.8, 4) is 0 Å². The maximum atomic E-state index is 11.5. The van der Waals surface area contributed by atoms with E-state index < -0.39 is 11.7 Å². The van der Waals surface area contributed by atoms with E-state index in [-0.39, 0.29) is 31.0 Å². The molecule has 0 aliphatic rings. The summed E-state index contributed by atoms with van der Waals surface area (Å²) in [6.07, 6.45) is -0.422. The van der Waals surface area contributed by atoms with Gasteiger partial charge in [0.1, 0.15) is 5.60 Å². The smallest absolute Gasteiger partial charge is 0.407 e. The molecule has 2 amide bonds. The van der Waals surface area contributed by atoms with E-state index in [1.165, 1.54) is 6.07 Å². The molecule has 0 aliphatic carbocycles. The van der Waals surface area contributed by atoms with E-state index >= 15 is 0 Å². The summed E-state index contributed by atoms with van der Waals surface area (Å²) in [5.41, 5.74) is -0.226. The maximum absolute atomic E-state index is 11.5. The van der Waals surface area contributed by atoms with Crippen LogP contribution in [0.5, 0.6) is 0 Å². The van der Waals surface area contributed by atoms with Crippen LogP contribution < -0.4 is 16.2 Å². The third-order valence-electron chi connectivity index (χ3n) is 2.15. The number of H-pyrrole nitrogens is 2. The molecule has 20 heavy (non-hydrogen) atoms. The van der Waals surface area contributed by atoms with Gasteiger partial charge in [0.15, 0.2) is 0 Å². The van der Waals surface area contributed by atoms with Gasteiger partial charge in [-0.25, -0.2) is 4.79 Å². The normalized spacial score (nSPS) is 10.9. The Balaban J connectivity index is 2.17. The van der Waals surface area contributed by atoms with Gasteiger partial charge in [-0.05, 0) is 20.8 Å². The van der Waals surface area contributed by atoms with E-state index in [0.717, 1.165) is 0 Å². The van der Waals surface area contributed by atoms with Gasteiger partial charge in [-0.3, -0.25) is 14.7 Å². The average molecular weight is 284 g/mol. The number of rotatable bonds is 5. The van der Waals surface area contributed by atoms with Crippen molar-refractivity contribution in [2.45, 2.75) is 39.3 Å². The number of aromatic nitrogens is 2. The van der Waals surface area contributed by atoms with Crippen molar-refractivity contribution in [2.75, 3.05) is 6.54 Å². The second kappa shape index (κ2) is 6.78. The first kappa shape index (κ1) is 15.8. The minimum atomic E-state index is -0.563. The second-order valence-electron chi connectivity index (χ2n) is 5.24. The summed E-state index contributed by atoms with van der Waals surface area (Å²) in [5.74, 6) is -0.233. The summed E-state index contributed by atoms with van der Waals surface area (Å²) in [6, 6.07) is 1.36. The van der Waals surface area contributed by atoms with Crippen molar-refractivity contribution in [3.63, 3.8) is 0 Å². The summed E-state index contributed by atoms with van der Waals surface area (Å²) < 4.78 is 5.03. The number of hydrogen-bond donors (Lipinski definition) is 4. The van der Waals surface area contributed by atoms with Crippen LogP contribution in [0.15, 0.2) is 10.9 Å². The van der Waals surface area contributed by atoms with E-state index in [4.69, 9.17) is 4.74 Å². The van der Waals surface area contributed by atoms with Crippen LogP contribution in [0.25, 0.3) is 0 Å². The first-order valence-corrected chi connectivity index (χ1v) is 6.26. The van der Waals surface area contributed by atoms with Crippen molar-refractivity contribution in [1.82, 2.24) is 20.8 Å². The quantitative estimate of drug-likeness (QED) is 0.619. The van der Waals surface area contributed by atoms with Crippen molar-refractivity contribution in [3.05, 3.63) is 22.1 Å². The maximum Gasteiger partial charge on any atom is 0.407 e. The molecule has 0 unspecified atom stereocenters. The Bertz CT molecular complexity index is 512. The van der Waals surface area contributed by atoms with Gasteiger partial charge in [0.2, 0.25) is 5.91 Å². The van der Waals surface area contributed by atoms with Gasteiger partial charge in [-0.15, -0.1) is 0 Å². The number of carbonyl (C=O) groups is 2. The van der Waals surface area contributed by atoms with Crippen LogP contribution in [0.3, 0.4) is 0 Å². The molecule has 1 aromatic rings. The monoisotopic (exact) mass is 284 g/mol. The van der Waals surface area contributed by atoms with Gasteiger partial charge < -0.3 is 20.5 Å². The topological polar surface area (TPSA) is 116 Å². The Morgan fingerprint density at radius 2 is 1.95 bits per heavy atom. The SMILES string of the molecule is CC(C)(C)OC(=O)NCCC(=O)NCc1cc(=O)[nH][nH]1. The predicted molar refractivity (Wildman–Crippen MR) is 72.1 cm³/mol. The largest absolute Gasteiger partial charge is 0.444 e. The number of alkyl carbamates (subject to hydrolysis) is 1. The third kappa shape index (κ3) is 6.62. The van der Waals surface area contributed by atoms with Crippen LogP contribution in [0.1, 0.15) is 32.9 Å². The van der Waals surface area contributed by atoms with Gasteiger partial charge in [0, 0.05) is 19.0 Å². The lowest BCUT2D eigenvalue weighted by atomic mass is 10.2. The lowest BCUT2D eigenvalue weighted by Gasteiger charge is -2.19. The molecule has 8 nitrogen and oxygen atoms in total. The highest BCUT2D eigenvalue weighted by atomic mass is 16.6.